The van der Waals surface area contributed by atoms with Gasteiger partial charge in [-0.05, 0) is 19.1 Å². The summed E-state index contributed by atoms with van der Waals surface area (Å²) in [4.78, 5) is 13.8. The molecule has 1 aromatic rings. The van der Waals surface area contributed by atoms with Crippen LogP contribution in [0.4, 0.5) is 11.4 Å². The van der Waals surface area contributed by atoms with Crippen molar-refractivity contribution in [2.24, 2.45) is 0 Å². The highest BCUT2D eigenvalue weighted by molar-refractivity contribution is 7.91. The summed E-state index contributed by atoms with van der Waals surface area (Å²) >= 11 is 6.20. The van der Waals surface area contributed by atoms with E-state index in [0.29, 0.717) is 29.5 Å². The first-order chi connectivity index (χ1) is 9.84. The summed E-state index contributed by atoms with van der Waals surface area (Å²) in [5.41, 5.74) is 6.84. The Morgan fingerprint density at radius 1 is 1.38 bits per heavy atom. The third kappa shape index (κ3) is 3.59. The number of benzene rings is 1. The molecule has 1 fully saturated rings. The van der Waals surface area contributed by atoms with Gasteiger partial charge in [-0.3, -0.25) is 0 Å². The molecule has 21 heavy (non-hydrogen) atoms. The van der Waals surface area contributed by atoms with Gasteiger partial charge in [-0.2, -0.15) is 0 Å². The summed E-state index contributed by atoms with van der Waals surface area (Å²) in [6.45, 7) is 2.52. The van der Waals surface area contributed by atoms with Crippen LogP contribution in [0, 0.1) is 0 Å². The molecule has 2 rings (SSSR count). The minimum Gasteiger partial charge on any atom is -0.462 e. The Labute approximate surface area is 128 Å². The maximum absolute atomic E-state index is 12.1. The Balaban J connectivity index is 2.40. The van der Waals surface area contributed by atoms with E-state index in [-0.39, 0.29) is 23.7 Å². The van der Waals surface area contributed by atoms with Gasteiger partial charge >= 0.3 is 5.97 Å². The molecule has 2 N–H and O–H groups in total. The number of rotatable bonds is 3. The molecule has 0 atom stereocenters. The molecule has 8 heteroatoms. The van der Waals surface area contributed by atoms with Crippen LogP contribution in [0.1, 0.15) is 17.3 Å². The number of halogens is 1. The minimum atomic E-state index is -3.01. The molecule has 6 nitrogen and oxygen atoms in total. The fourth-order valence-electron chi connectivity index (χ4n) is 2.24. The fourth-order valence-corrected chi connectivity index (χ4v) is 3.79. The predicted molar refractivity (Wildman–Crippen MR) is 82.7 cm³/mol. The van der Waals surface area contributed by atoms with Crippen molar-refractivity contribution in [3.63, 3.8) is 0 Å². The normalized spacial score (nSPS) is 17.5. The van der Waals surface area contributed by atoms with E-state index in [4.69, 9.17) is 22.1 Å². The highest BCUT2D eigenvalue weighted by Gasteiger charge is 2.27. The average molecular weight is 333 g/mol. The van der Waals surface area contributed by atoms with E-state index in [0.717, 1.165) is 0 Å². The van der Waals surface area contributed by atoms with Crippen LogP contribution >= 0.6 is 11.6 Å². The van der Waals surface area contributed by atoms with E-state index >= 15 is 0 Å². The van der Waals surface area contributed by atoms with Crippen molar-refractivity contribution < 1.29 is 17.9 Å². The Kier molecular flexibility index (Phi) is 4.63. The van der Waals surface area contributed by atoms with Crippen molar-refractivity contribution >= 4 is 38.8 Å². The zero-order valence-corrected chi connectivity index (χ0v) is 13.2. The monoisotopic (exact) mass is 332 g/mol. The number of hydrogen-bond acceptors (Lipinski definition) is 6. The molecule has 116 valence electrons. The van der Waals surface area contributed by atoms with Crippen LogP contribution in [-0.2, 0) is 14.6 Å². The summed E-state index contributed by atoms with van der Waals surface area (Å²) in [6.07, 6.45) is 0. The average Bonchev–Trinajstić information content (AvgIpc) is 2.39. The maximum Gasteiger partial charge on any atom is 0.340 e. The van der Waals surface area contributed by atoms with E-state index in [1.54, 1.807) is 17.9 Å². The lowest BCUT2D eigenvalue weighted by Gasteiger charge is -2.31. The molecular weight excluding hydrogens is 316 g/mol. The molecule has 1 aromatic carbocycles. The van der Waals surface area contributed by atoms with Crippen LogP contribution in [0.5, 0.6) is 0 Å². The lowest BCUT2D eigenvalue weighted by Crippen LogP contribution is -2.41. The first kappa shape index (κ1) is 15.9. The molecule has 0 aromatic heterocycles. The Morgan fingerprint density at radius 2 is 2.00 bits per heavy atom. The second kappa shape index (κ2) is 6.11. The summed E-state index contributed by atoms with van der Waals surface area (Å²) < 4.78 is 28.0. The molecule has 0 spiro atoms. The van der Waals surface area contributed by atoms with Crippen LogP contribution in [0.3, 0.4) is 0 Å². The second-order valence-corrected chi connectivity index (χ2v) is 7.47. The lowest BCUT2D eigenvalue weighted by atomic mass is 10.1. The number of nitrogen functional groups attached to an aromatic ring is 1. The van der Waals surface area contributed by atoms with Gasteiger partial charge < -0.3 is 15.4 Å². The first-order valence-electron chi connectivity index (χ1n) is 6.55. The van der Waals surface area contributed by atoms with E-state index < -0.39 is 15.8 Å². The number of nitrogens with two attached hydrogens (primary N) is 1. The standard InChI is InChI=1S/C13H17ClN2O4S/c1-2-20-13(17)10-7-9(15)8-11(14)12(10)16-3-5-21(18,19)6-4-16/h7-8H,2-6,15H2,1H3. The molecule has 0 saturated carbocycles. The van der Waals surface area contributed by atoms with Crippen LogP contribution in [-0.4, -0.2) is 45.6 Å². The third-order valence-electron chi connectivity index (χ3n) is 3.24. The van der Waals surface area contributed by atoms with Crippen LogP contribution in [0.2, 0.25) is 5.02 Å². The van der Waals surface area contributed by atoms with Crippen molar-refractivity contribution in [3.8, 4) is 0 Å². The van der Waals surface area contributed by atoms with Crippen molar-refractivity contribution in [1.29, 1.82) is 0 Å². The predicted octanol–water partition coefficient (Wildman–Crippen LogP) is 1.33. The molecule has 1 aliphatic rings. The third-order valence-corrected chi connectivity index (χ3v) is 5.14. The van der Waals surface area contributed by atoms with E-state index in [1.807, 2.05) is 0 Å². The van der Waals surface area contributed by atoms with Crippen LogP contribution in [0.25, 0.3) is 0 Å². The second-order valence-electron chi connectivity index (χ2n) is 4.76. The minimum absolute atomic E-state index is 0.0377. The molecule has 0 aliphatic carbocycles. The van der Waals surface area contributed by atoms with Gasteiger partial charge in [0.05, 0.1) is 34.4 Å². The molecule has 0 amide bonds. The number of esters is 1. The molecule has 1 saturated heterocycles. The number of nitrogens with zero attached hydrogens (tertiary/aromatic N) is 1. The van der Waals surface area contributed by atoms with Crippen molar-refractivity contribution in [1.82, 2.24) is 0 Å². The zero-order valence-electron chi connectivity index (χ0n) is 11.6. The summed E-state index contributed by atoms with van der Waals surface area (Å²) in [5, 5.41) is 0.317. The topological polar surface area (TPSA) is 89.7 Å². The van der Waals surface area contributed by atoms with E-state index in [1.165, 1.54) is 6.07 Å². The number of carbonyl (C=O) groups excluding carboxylic acids is 1. The molecule has 1 heterocycles. The van der Waals surface area contributed by atoms with Gasteiger partial charge in [-0.1, -0.05) is 11.6 Å². The van der Waals surface area contributed by atoms with Crippen molar-refractivity contribution in [2.75, 3.05) is 41.8 Å². The van der Waals surface area contributed by atoms with Gasteiger partial charge in [0.2, 0.25) is 0 Å². The number of anilines is 2. The zero-order chi connectivity index (χ0) is 15.6. The Hall–Kier alpha value is -1.47. The van der Waals surface area contributed by atoms with Gasteiger partial charge in [-0.25, -0.2) is 13.2 Å². The lowest BCUT2D eigenvalue weighted by molar-refractivity contribution is 0.0527. The quantitative estimate of drug-likeness (QED) is 0.663. The fraction of sp³-hybridized carbons (Fsp3) is 0.462. The molecule has 0 radical (unpaired) electrons. The molecule has 1 aliphatic heterocycles. The number of hydrogen-bond donors (Lipinski definition) is 1. The van der Waals surface area contributed by atoms with Gasteiger partial charge in [0.15, 0.2) is 9.84 Å². The number of sulfone groups is 1. The van der Waals surface area contributed by atoms with E-state index in [2.05, 4.69) is 0 Å². The molecule has 0 unspecified atom stereocenters. The highest BCUT2D eigenvalue weighted by Crippen LogP contribution is 2.34. The number of carbonyl (C=O) groups is 1. The van der Waals surface area contributed by atoms with Crippen molar-refractivity contribution in [3.05, 3.63) is 22.7 Å². The highest BCUT2D eigenvalue weighted by atomic mass is 35.5. The summed E-state index contributed by atoms with van der Waals surface area (Å²) in [7, 11) is -3.01. The van der Waals surface area contributed by atoms with Gasteiger partial charge in [0.1, 0.15) is 0 Å². The molecule has 0 bridgehead atoms. The van der Waals surface area contributed by atoms with Gasteiger partial charge in [0, 0.05) is 18.8 Å². The summed E-state index contributed by atoms with van der Waals surface area (Å²) in [5.74, 6) is -0.443. The van der Waals surface area contributed by atoms with Gasteiger partial charge in [-0.15, -0.1) is 0 Å². The van der Waals surface area contributed by atoms with Crippen LogP contribution < -0.4 is 10.6 Å². The van der Waals surface area contributed by atoms with Crippen LogP contribution in [0.15, 0.2) is 12.1 Å². The first-order valence-corrected chi connectivity index (χ1v) is 8.75. The molecular formula is C13H17ClN2O4S. The Morgan fingerprint density at radius 3 is 2.57 bits per heavy atom. The summed E-state index contributed by atoms with van der Waals surface area (Å²) in [6, 6.07) is 3.05. The van der Waals surface area contributed by atoms with E-state index in [9.17, 15) is 13.2 Å². The smallest absolute Gasteiger partial charge is 0.340 e. The Bertz CT molecular complexity index is 646. The van der Waals surface area contributed by atoms with Crippen molar-refractivity contribution in [2.45, 2.75) is 6.92 Å². The number of ether oxygens (including phenoxy) is 1. The SMILES string of the molecule is CCOC(=O)c1cc(N)cc(Cl)c1N1CCS(=O)(=O)CC1. The largest absolute Gasteiger partial charge is 0.462 e. The maximum atomic E-state index is 12.1. The van der Waals surface area contributed by atoms with Gasteiger partial charge in [0.25, 0.3) is 0 Å².